The third-order valence-corrected chi connectivity index (χ3v) is 5.83. The predicted molar refractivity (Wildman–Crippen MR) is 81.8 cm³/mol. The molecule has 0 radical (unpaired) electrons. The standard InChI is InChI=1S/C12H18BrClN2O2S/c1-3-12(4-2,8-15)16-19(17,18)11-6-5-9(13)7-10(11)14/h5-7,16H,3-4,8,15H2,1-2H3. The smallest absolute Gasteiger partial charge is 0.242 e. The highest BCUT2D eigenvalue weighted by atomic mass is 79.9. The molecule has 0 aliphatic heterocycles. The summed E-state index contributed by atoms with van der Waals surface area (Å²) in [6, 6.07) is 4.67. The molecule has 19 heavy (non-hydrogen) atoms. The van der Waals surface area contributed by atoms with Gasteiger partial charge in [-0.15, -0.1) is 0 Å². The zero-order valence-corrected chi connectivity index (χ0v) is 14.1. The lowest BCUT2D eigenvalue weighted by Gasteiger charge is -2.31. The van der Waals surface area contributed by atoms with Crippen LogP contribution in [-0.2, 0) is 10.0 Å². The van der Waals surface area contributed by atoms with Crippen LogP contribution in [0.4, 0.5) is 0 Å². The predicted octanol–water partition coefficient (Wildman–Crippen LogP) is 2.90. The van der Waals surface area contributed by atoms with Crippen LogP contribution in [0.15, 0.2) is 27.6 Å². The lowest BCUT2D eigenvalue weighted by Crippen LogP contribution is -2.52. The van der Waals surface area contributed by atoms with E-state index >= 15 is 0 Å². The average molecular weight is 370 g/mol. The first-order valence-electron chi connectivity index (χ1n) is 5.99. The van der Waals surface area contributed by atoms with E-state index in [1.165, 1.54) is 6.07 Å². The first kappa shape index (κ1) is 16.9. The molecule has 0 aliphatic rings. The van der Waals surface area contributed by atoms with Crippen LogP contribution in [0.3, 0.4) is 0 Å². The molecule has 0 spiro atoms. The van der Waals surface area contributed by atoms with E-state index < -0.39 is 15.6 Å². The molecule has 0 saturated carbocycles. The molecular formula is C12H18BrClN2O2S. The van der Waals surface area contributed by atoms with Gasteiger partial charge in [0.05, 0.1) is 5.02 Å². The minimum atomic E-state index is -3.68. The second-order valence-electron chi connectivity index (χ2n) is 4.37. The van der Waals surface area contributed by atoms with Crippen molar-refractivity contribution in [2.75, 3.05) is 6.54 Å². The Bertz CT molecular complexity index is 536. The van der Waals surface area contributed by atoms with Crippen molar-refractivity contribution in [2.45, 2.75) is 37.1 Å². The van der Waals surface area contributed by atoms with Gasteiger partial charge in [0, 0.05) is 16.6 Å². The highest BCUT2D eigenvalue weighted by Crippen LogP contribution is 2.27. The molecule has 0 amide bonds. The Hall–Kier alpha value is -0.140. The van der Waals surface area contributed by atoms with Crippen LogP contribution in [0.5, 0.6) is 0 Å². The van der Waals surface area contributed by atoms with Gasteiger partial charge in [0.2, 0.25) is 10.0 Å². The van der Waals surface area contributed by atoms with Crippen LogP contribution >= 0.6 is 27.5 Å². The summed E-state index contributed by atoms with van der Waals surface area (Å²) in [4.78, 5) is 0.0668. The first-order chi connectivity index (χ1) is 8.80. The van der Waals surface area contributed by atoms with Gasteiger partial charge >= 0.3 is 0 Å². The number of rotatable bonds is 6. The Balaban J connectivity index is 3.17. The maximum Gasteiger partial charge on any atom is 0.242 e. The minimum absolute atomic E-state index is 0.0668. The van der Waals surface area contributed by atoms with Crippen LogP contribution in [0.25, 0.3) is 0 Å². The van der Waals surface area contributed by atoms with Gasteiger partial charge < -0.3 is 5.73 Å². The van der Waals surface area contributed by atoms with Crippen molar-refractivity contribution in [1.29, 1.82) is 0 Å². The van der Waals surface area contributed by atoms with Gasteiger partial charge in [-0.05, 0) is 31.0 Å². The zero-order valence-electron chi connectivity index (χ0n) is 10.9. The van der Waals surface area contributed by atoms with Gasteiger partial charge in [-0.1, -0.05) is 41.4 Å². The van der Waals surface area contributed by atoms with Crippen molar-refractivity contribution >= 4 is 37.6 Å². The molecule has 0 saturated heterocycles. The number of hydrogen-bond acceptors (Lipinski definition) is 3. The first-order valence-corrected chi connectivity index (χ1v) is 8.64. The summed E-state index contributed by atoms with van der Waals surface area (Å²) in [6.07, 6.45) is 1.24. The molecule has 0 bridgehead atoms. The molecule has 1 aromatic carbocycles. The van der Waals surface area contributed by atoms with Gasteiger partial charge in [-0.2, -0.15) is 0 Å². The van der Waals surface area contributed by atoms with E-state index in [2.05, 4.69) is 20.7 Å². The number of nitrogens with two attached hydrogens (primary N) is 1. The number of benzene rings is 1. The van der Waals surface area contributed by atoms with Crippen LogP contribution in [-0.4, -0.2) is 20.5 Å². The van der Waals surface area contributed by atoms with Crippen molar-refractivity contribution < 1.29 is 8.42 Å². The second kappa shape index (κ2) is 6.54. The summed E-state index contributed by atoms with van der Waals surface area (Å²) < 4.78 is 28.2. The molecular weight excluding hydrogens is 352 g/mol. The molecule has 0 aliphatic carbocycles. The number of halogens is 2. The van der Waals surface area contributed by atoms with E-state index in [-0.39, 0.29) is 16.5 Å². The van der Waals surface area contributed by atoms with Gasteiger partial charge in [0.1, 0.15) is 4.90 Å². The summed E-state index contributed by atoms with van der Waals surface area (Å²) in [5, 5.41) is 0.181. The van der Waals surface area contributed by atoms with Crippen molar-refractivity contribution in [2.24, 2.45) is 5.73 Å². The molecule has 0 atom stereocenters. The van der Waals surface area contributed by atoms with Crippen molar-refractivity contribution in [3.63, 3.8) is 0 Å². The van der Waals surface area contributed by atoms with Crippen LogP contribution in [0, 0.1) is 0 Å². The van der Waals surface area contributed by atoms with E-state index in [1.807, 2.05) is 13.8 Å². The van der Waals surface area contributed by atoms with E-state index in [9.17, 15) is 8.42 Å². The number of hydrogen-bond donors (Lipinski definition) is 2. The second-order valence-corrected chi connectivity index (χ2v) is 7.35. The summed E-state index contributed by atoms with van der Waals surface area (Å²) in [5.41, 5.74) is 5.08. The molecule has 4 nitrogen and oxygen atoms in total. The fourth-order valence-electron chi connectivity index (χ4n) is 1.76. The minimum Gasteiger partial charge on any atom is -0.329 e. The molecule has 0 heterocycles. The van der Waals surface area contributed by atoms with E-state index in [1.54, 1.807) is 12.1 Å². The third kappa shape index (κ3) is 3.92. The van der Waals surface area contributed by atoms with Crippen LogP contribution < -0.4 is 10.5 Å². The highest BCUT2D eigenvalue weighted by Gasteiger charge is 2.31. The molecule has 108 valence electrons. The molecule has 0 fully saturated rings. The Morgan fingerprint density at radius 1 is 1.37 bits per heavy atom. The van der Waals surface area contributed by atoms with Crippen LogP contribution in [0.1, 0.15) is 26.7 Å². The van der Waals surface area contributed by atoms with Crippen molar-refractivity contribution in [1.82, 2.24) is 4.72 Å². The number of nitrogens with one attached hydrogen (secondary N) is 1. The van der Waals surface area contributed by atoms with Gasteiger partial charge in [0.15, 0.2) is 0 Å². The van der Waals surface area contributed by atoms with Crippen molar-refractivity contribution in [3.8, 4) is 0 Å². The molecule has 7 heteroatoms. The summed E-state index contributed by atoms with van der Waals surface area (Å²) in [7, 11) is -3.68. The Morgan fingerprint density at radius 3 is 2.37 bits per heavy atom. The quantitative estimate of drug-likeness (QED) is 0.810. The molecule has 1 aromatic rings. The fourth-order valence-corrected chi connectivity index (χ4v) is 4.35. The Kier molecular flexibility index (Phi) is 5.82. The SMILES string of the molecule is CCC(CC)(CN)NS(=O)(=O)c1ccc(Br)cc1Cl. The zero-order chi connectivity index (χ0) is 14.7. The van der Waals surface area contributed by atoms with Gasteiger partial charge in [-0.25, -0.2) is 13.1 Å². The normalized spacial score (nSPS) is 12.7. The average Bonchev–Trinajstić information content (AvgIpc) is 2.35. The third-order valence-electron chi connectivity index (χ3n) is 3.28. The lowest BCUT2D eigenvalue weighted by molar-refractivity contribution is 0.363. The largest absolute Gasteiger partial charge is 0.329 e. The van der Waals surface area contributed by atoms with Crippen molar-refractivity contribution in [3.05, 3.63) is 27.7 Å². The van der Waals surface area contributed by atoms with E-state index in [0.29, 0.717) is 12.8 Å². The Morgan fingerprint density at radius 2 is 1.95 bits per heavy atom. The highest BCUT2D eigenvalue weighted by molar-refractivity contribution is 9.10. The molecule has 1 rings (SSSR count). The molecule has 0 unspecified atom stereocenters. The summed E-state index contributed by atoms with van der Waals surface area (Å²) in [6.45, 7) is 4.05. The Labute approximate surface area is 127 Å². The maximum absolute atomic E-state index is 12.4. The monoisotopic (exact) mass is 368 g/mol. The van der Waals surface area contributed by atoms with E-state index in [0.717, 1.165) is 4.47 Å². The summed E-state index contributed by atoms with van der Waals surface area (Å²) >= 11 is 9.24. The fraction of sp³-hybridized carbons (Fsp3) is 0.500. The molecule has 0 aromatic heterocycles. The lowest BCUT2D eigenvalue weighted by atomic mass is 9.95. The van der Waals surface area contributed by atoms with Crippen LogP contribution in [0.2, 0.25) is 5.02 Å². The molecule has 3 N–H and O–H groups in total. The summed E-state index contributed by atoms with van der Waals surface area (Å²) in [5.74, 6) is 0. The van der Waals surface area contributed by atoms with Gasteiger partial charge in [0.25, 0.3) is 0 Å². The number of sulfonamides is 1. The topological polar surface area (TPSA) is 72.2 Å². The van der Waals surface area contributed by atoms with E-state index in [4.69, 9.17) is 17.3 Å². The van der Waals surface area contributed by atoms with Gasteiger partial charge in [-0.3, -0.25) is 0 Å². The maximum atomic E-state index is 12.4.